The molecule has 1 N–H and O–H groups in total. The molecule has 0 bridgehead atoms. The third kappa shape index (κ3) is 4.78. The van der Waals surface area contributed by atoms with Crippen LogP contribution in [0.15, 0.2) is 48.5 Å². The van der Waals surface area contributed by atoms with Crippen LogP contribution in [0.5, 0.6) is 0 Å². The van der Waals surface area contributed by atoms with Crippen molar-refractivity contribution in [2.75, 3.05) is 17.2 Å². The molecule has 1 aromatic heterocycles. The van der Waals surface area contributed by atoms with Crippen LogP contribution < -0.4 is 10.2 Å². The maximum atomic E-state index is 15.2. The van der Waals surface area contributed by atoms with Crippen molar-refractivity contribution in [3.63, 3.8) is 0 Å². The van der Waals surface area contributed by atoms with Gasteiger partial charge in [-0.2, -0.15) is 5.10 Å². The van der Waals surface area contributed by atoms with Gasteiger partial charge in [0, 0.05) is 22.6 Å². The average molecular weight is 507 g/mol. The van der Waals surface area contributed by atoms with E-state index in [1.165, 1.54) is 17.8 Å². The van der Waals surface area contributed by atoms with E-state index < -0.39 is 5.25 Å². The van der Waals surface area contributed by atoms with Crippen molar-refractivity contribution in [3.05, 3.63) is 76.7 Å². The zero-order valence-corrected chi connectivity index (χ0v) is 21.9. The van der Waals surface area contributed by atoms with Gasteiger partial charge in [0.05, 0.1) is 22.4 Å². The summed E-state index contributed by atoms with van der Waals surface area (Å²) in [4.78, 5) is 28.0. The lowest BCUT2D eigenvalue weighted by Gasteiger charge is -2.24. The molecule has 0 saturated heterocycles. The summed E-state index contributed by atoms with van der Waals surface area (Å²) in [5, 5.41) is 7.58. The van der Waals surface area contributed by atoms with Crippen LogP contribution in [0.4, 0.5) is 10.2 Å². The standard InChI is InChI=1S/C28H31FN4O2S/c1-17-9-13-19(14-10-17)33-27-24(26(31-33)28(2,3)4)25(20-7-5-6-8-21(20)29)36-16-23(35)32(27)15-22(34)30-18-11-12-18/h5-10,13-14,18,25H,11-12,15-16H2,1-4H3,(H,30,34)/t25-/m1/s1. The Bertz CT molecular complexity index is 1310. The second-order valence-corrected chi connectivity index (χ2v) is 11.7. The lowest BCUT2D eigenvalue weighted by molar-refractivity contribution is -0.123. The topological polar surface area (TPSA) is 67.2 Å². The smallest absolute Gasteiger partial charge is 0.240 e. The van der Waals surface area contributed by atoms with Crippen LogP contribution in [0, 0.1) is 12.7 Å². The molecule has 0 spiro atoms. The quantitative estimate of drug-likeness (QED) is 0.525. The van der Waals surface area contributed by atoms with Crippen molar-refractivity contribution in [1.82, 2.24) is 15.1 Å². The first-order chi connectivity index (χ1) is 17.1. The molecule has 1 saturated carbocycles. The van der Waals surface area contributed by atoms with Gasteiger partial charge in [-0.05, 0) is 38.0 Å². The summed E-state index contributed by atoms with van der Waals surface area (Å²) in [7, 11) is 0. The molecule has 2 aliphatic rings. The predicted molar refractivity (Wildman–Crippen MR) is 141 cm³/mol. The molecular weight excluding hydrogens is 475 g/mol. The molecule has 6 nitrogen and oxygen atoms in total. The maximum Gasteiger partial charge on any atom is 0.240 e. The van der Waals surface area contributed by atoms with Crippen molar-refractivity contribution in [2.24, 2.45) is 0 Å². The highest BCUT2D eigenvalue weighted by Gasteiger charge is 2.40. The maximum absolute atomic E-state index is 15.2. The molecule has 2 aromatic carbocycles. The number of anilines is 1. The average Bonchev–Trinajstić information content (AvgIpc) is 3.56. The molecular formula is C28H31FN4O2S. The first-order valence-electron chi connectivity index (χ1n) is 12.3. The highest BCUT2D eigenvalue weighted by Crippen LogP contribution is 2.48. The first-order valence-corrected chi connectivity index (χ1v) is 13.3. The van der Waals surface area contributed by atoms with Gasteiger partial charge in [0.2, 0.25) is 11.8 Å². The summed E-state index contributed by atoms with van der Waals surface area (Å²) in [6, 6.07) is 14.8. The lowest BCUT2D eigenvalue weighted by atomic mass is 9.87. The van der Waals surface area contributed by atoms with Crippen LogP contribution in [-0.4, -0.2) is 39.9 Å². The SMILES string of the molecule is Cc1ccc(-n2nc(C(C)(C)C)c3c2N(CC(=O)NC2CC2)C(=O)CS[C@@H]3c2ccccc2F)cc1. The number of aryl methyl sites for hydroxylation is 1. The van der Waals surface area contributed by atoms with E-state index >= 15 is 4.39 Å². The van der Waals surface area contributed by atoms with Crippen LogP contribution >= 0.6 is 11.8 Å². The lowest BCUT2D eigenvalue weighted by Crippen LogP contribution is -2.43. The van der Waals surface area contributed by atoms with Gasteiger partial charge in [0.15, 0.2) is 0 Å². The number of carbonyl (C=O) groups is 2. The number of hydrogen-bond donors (Lipinski definition) is 1. The number of aromatic nitrogens is 2. The fourth-order valence-electron chi connectivity index (χ4n) is 4.52. The van der Waals surface area contributed by atoms with Crippen molar-refractivity contribution >= 4 is 29.4 Å². The number of nitrogens with zero attached hydrogens (tertiary/aromatic N) is 3. The third-order valence-electron chi connectivity index (χ3n) is 6.51. The highest BCUT2D eigenvalue weighted by molar-refractivity contribution is 8.00. The summed E-state index contributed by atoms with van der Waals surface area (Å²) < 4.78 is 16.9. The van der Waals surface area contributed by atoms with Gasteiger partial charge in [-0.1, -0.05) is 56.7 Å². The summed E-state index contributed by atoms with van der Waals surface area (Å²) in [5.74, 6) is -0.0453. The number of amides is 2. The fraction of sp³-hybridized carbons (Fsp3) is 0.393. The zero-order valence-electron chi connectivity index (χ0n) is 21.0. The normalized spacial score (nSPS) is 18.1. The van der Waals surface area contributed by atoms with Gasteiger partial charge < -0.3 is 5.32 Å². The number of carbonyl (C=O) groups excluding carboxylic acids is 2. The predicted octanol–water partition coefficient (Wildman–Crippen LogP) is 5.07. The molecule has 0 radical (unpaired) electrons. The van der Waals surface area contributed by atoms with Gasteiger partial charge in [0.1, 0.15) is 18.2 Å². The van der Waals surface area contributed by atoms with Crippen LogP contribution in [0.25, 0.3) is 5.69 Å². The van der Waals surface area contributed by atoms with E-state index in [-0.39, 0.29) is 41.4 Å². The van der Waals surface area contributed by atoms with E-state index in [9.17, 15) is 9.59 Å². The van der Waals surface area contributed by atoms with Crippen LogP contribution in [0.3, 0.4) is 0 Å². The van der Waals surface area contributed by atoms with E-state index in [1.807, 2.05) is 37.3 Å². The second-order valence-electron chi connectivity index (χ2n) is 10.6. The van der Waals surface area contributed by atoms with Gasteiger partial charge in [-0.15, -0.1) is 11.8 Å². The van der Waals surface area contributed by atoms with Crippen LogP contribution in [0.1, 0.15) is 61.2 Å². The molecule has 8 heteroatoms. The molecule has 1 aliphatic carbocycles. The molecule has 2 heterocycles. The Morgan fingerprint density at radius 1 is 1.14 bits per heavy atom. The zero-order chi connectivity index (χ0) is 25.6. The minimum Gasteiger partial charge on any atom is -0.352 e. The molecule has 0 unspecified atom stereocenters. The number of fused-ring (bicyclic) bond motifs is 1. The molecule has 36 heavy (non-hydrogen) atoms. The van der Waals surface area contributed by atoms with E-state index in [0.29, 0.717) is 11.4 Å². The minimum atomic E-state index is -0.449. The fourth-order valence-corrected chi connectivity index (χ4v) is 5.74. The van der Waals surface area contributed by atoms with E-state index in [4.69, 9.17) is 5.10 Å². The van der Waals surface area contributed by atoms with Gasteiger partial charge in [-0.3, -0.25) is 14.5 Å². The Morgan fingerprint density at radius 3 is 2.47 bits per heavy atom. The Kier molecular flexibility index (Phi) is 6.41. The number of nitrogens with one attached hydrogen (secondary N) is 1. The second kappa shape index (κ2) is 9.39. The van der Waals surface area contributed by atoms with Crippen LogP contribution in [0.2, 0.25) is 0 Å². The number of hydrogen-bond acceptors (Lipinski definition) is 4. The van der Waals surface area contributed by atoms with Crippen molar-refractivity contribution in [3.8, 4) is 5.69 Å². The molecule has 188 valence electrons. The van der Waals surface area contributed by atoms with Gasteiger partial charge >= 0.3 is 0 Å². The van der Waals surface area contributed by atoms with Crippen molar-refractivity contribution < 1.29 is 14.0 Å². The van der Waals surface area contributed by atoms with Crippen LogP contribution in [-0.2, 0) is 15.0 Å². The van der Waals surface area contributed by atoms with Gasteiger partial charge in [-0.25, -0.2) is 9.07 Å². The van der Waals surface area contributed by atoms with Crippen molar-refractivity contribution in [2.45, 2.75) is 57.2 Å². The first kappa shape index (κ1) is 24.6. The van der Waals surface area contributed by atoms with Crippen molar-refractivity contribution in [1.29, 1.82) is 0 Å². The monoisotopic (exact) mass is 506 g/mol. The highest BCUT2D eigenvalue weighted by atomic mass is 32.2. The van der Waals surface area contributed by atoms with E-state index in [1.54, 1.807) is 21.7 Å². The Hall–Kier alpha value is -3.13. The Balaban J connectivity index is 1.75. The molecule has 3 aromatic rings. The molecule has 2 amide bonds. The Labute approximate surface area is 215 Å². The summed E-state index contributed by atoms with van der Waals surface area (Å²) in [5.41, 5.74) is 3.56. The van der Waals surface area contributed by atoms with Gasteiger partial charge in [0.25, 0.3) is 0 Å². The summed E-state index contributed by atoms with van der Waals surface area (Å²) in [6.45, 7) is 8.10. The molecule has 1 fully saturated rings. The minimum absolute atomic E-state index is 0.103. The molecule has 5 rings (SSSR count). The van der Waals surface area contributed by atoms with E-state index in [2.05, 4.69) is 26.1 Å². The largest absolute Gasteiger partial charge is 0.352 e. The molecule has 1 aliphatic heterocycles. The van der Waals surface area contributed by atoms with E-state index in [0.717, 1.165) is 35.3 Å². The summed E-state index contributed by atoms with van der Waals surface area (Å²) in [6.07, 6.45) is 1.93. The summed E-state index contributed by atoms with van der Waals surface area (Å²) >= 11 is 1.38. The number of benzene rings is 2. The Morgan fingerprint density at radius 2 is 1.83 bits per heavy atom. The third-order valence-corrected chi connectivity index (χ3v) is 7.75. The number of thioether (sulfide) groups is 1. The molecule has 1 atom stereocenters. The number of halogens is 1. The number of rotatable bonds is 5.